The van der Waals surface area contributed by atoms with Crippen LogP contribution in [0.2, 0.25) is 0 Å². The maximum Gasteiger partial charge on any atom is 0.0915 e. The van der Waals surface area contributed by atoms with E-state index >= 15 is 0 Å². The minimum atomic E-state index is -0.428. The maximum atomic E-state index is 10.00. The molecule has 1 aliphatic heterocycles. The predicted molar refractivity (Wildman–Crippen MR) is 75.0 cm³/mol. The van der Waals surface area contributed by atoms with Gasteiger partial charge >= 0.3 is 0 Å². The zero-order chi connectivity index (χ0) is 13.0. The van der Waals surface area contributed by atoms with Gasteiger partial charge in [-0.25, -0.2) is 0 Å². The minimum absolute atomic E-state index is 0.428. The maximum absolute atomic E-state index is 10.00. The molecule has 0 bridgehead atoms. The van der Waals surface area contributed by atoms with Gasteiger partial charge in [0.1, 0.15) is 0 Å². The lowest BCUT2D eigenvalue weighted by Gasteiger charge is -2.34. The van der Waals surface area contributed by atoms with Gasteiger partial charge in [-0.2, -0.15) is 0 Å². The number of nitrogens with one attached hydrogen (secondary N) is 1. The molecule has 1 fully saturated rings. The number of hydrogen-bond donors (Lipinski definition) is 2. The molecule has 1 unspecified atom stereocenters. The molecule has 1 aliphatic rings. The Morgan fingerprint density at radius 3 is 2.67 bits per heavy atom. The van der Waals surface area contributed by atoms with E-state index in [4.69, 9.17) is 0 Å². The Morgan fingerprint density at radius 1 is 1.28 bits per heavy atom. The predicted octanol–water partition coefficient (Wildman–Crippen LogP) is 0.691. The molecule has 1 aromatic carbocycles. The molecule has 2 N–H and O–H groups in total. The lowest BCUT2D eigenvalue weighted by atomic mass is 10.1. The van der Waals surface area contributed by atoms with Gasteiger partial charge in [0, 0.05) is 38.4 Å². The lowest BCUT2D eigenvalue weighted by molar-refractivity contribution is 0.178. The van der Waals surface area contributed by atoms with Gasteiger partial charge in [-0.3, -0.25) is 0 Å². The van der Waals surface area contributed by atoms with E-state index in [1.165, 1.54) is 5.69 Å². The normalized spacial score (nSPS) is 18.9. The van der Waals surface area contributed by atoms with Crippen LogP contribution in [0.3, 0.4) is 0 Å². The number of likely N-dealkylation sites (N-methyl/N-ethyl adjacent to an activating group) is 2. The monoisotopic (exact) mass is 249 g/mol. The molecule has 100 valence electrons. The van der Waals surface area contributed by atoms with Crippen LogP contribution in [0, 0.1) is 0 Å². The van der Waals surface area contributed by atoms with E-state index in [0.29, 0.717) is 6.54 Å². The Kier molecular flexibility index (Phi) is 4.58. The number of aliphatic hydroxyl groups is 1. The second kappa shape index (κ2) is 6.18. The van der Waals surface area contributed by atoms with Crippen molar-refractivity contribution in [3.05, 3.63) is 29.8 Å². The van der Waals surface area contributed by atoms with Crippen LogP contribution in [0.5, 0.6) is 0 Å². The highest BCUT2D eigenvalue weighted by molar-refractivity contribution is 5.49. The van der Waals surface area contributed by atoms with Crippen LogP contribution in [-0.4, -0.2) is 56.8 Å². The summed E-state index contributed by atoms with van der Waals surface area (Å²) >= 11 is 0. The van der Waals surface area contributed by atoms with Crippen LogP contribution in [0.15, 0.2) is 24.3 Å². The van der Waals surface area contributed by atoms with Gasteiger partial charge in [0.2, 0.25) is 0 Å². The van der Waals surface area contributed by atoms with Gasteiger partial charge in [0.25, 0.3) is 0 Å². The molecule has 0 amide bonds. The van der Waals surface area contributed by atoms with Crippen LogP contribution < -0.4 is 10.2 Å². The number of rotatable bonds is 4. The van der Waals surface area contributed by atoms with Gasteiger partial charge in [0.05, 0.1) is 6.10 Å². The third-order valence-electron chi connectivity index (χ3n) is 3.52. The van der Waals surface area contributed by atoms with Gasteiger partial charge in [-0.1, -0.05) is 12.1 Å². The smallest absolute Gasteiger partial charge is 0.0915 e. The number of anilines is 1. The number of piperazine rings is 1. The highest BCUT2D eigenvalue weighted by atomic mass is 16.3. The highest BCUT2D eigenvalue weighted by Crippen LogP contribution is 2.21. The molecule has 0 aliphatic carbocycles. The number of benzene rings is 1. The van der Waals surface area contributed by atoms with Crippen LogP contribution in [-0.2, 0) is 0 Å². The third-order valence-corrected chi connectivity index (χ3v) is 3.52. The number of aliphatic hydroxyl groups excluding tert-OH is 1. The third kappa shape index (κ3) is 3.22. The van der Waals surface area contributed by atoms with E-state index < -0.39 is 6.10 Å². The largest absolute Gasteiger partial charge is 0.387 e. The molecule has 18 heavy (non-hydrogen) atoms. The van der Waals surface area contributed by atoms with Crippen molar-refractivity contribution in [2.24, 2.45) is 0 Å². The average molecular weight is 249 g/mol. The lowest BCUT2D eigenvalue weighted by Crippen LogP contribution is -2.44. The molecule has 4 nitrogen and oxygen atoms in total. The zero-order valence-electron chi connectivity index (χ0n) is 11.3. The molecule has 4 heteroatoms. The van der Waals surface area contributed by atoms with Crippen molar-refractivity contribution in [2.75, 3.05) is 51.7 Å². The first-order valence-corrected chi connectivity index (χ1v) is 6.57. The van der Waals surface area contributed by atoms with Gasteiger partial charge < -0.3 is 20.2 Å². The van der Waals surface area contributed by atoms with E-state index in [0.717, 1.165) is 31.7 Å². The summed E-state index contributed by atoms with van der Waals surface area (Å²) in [7, 11) is 4.01. The number of nitrogens with zero attached hydrogens (tertiary/aromatic N) is 2. The summed E-state index contributed by atoms with van der Waals surface area (Å²) in [5, 5.41) is 13.0. The van der Waals surface area contributed by atoms with Crippen LogP contribution in [0.25, 0.3) is 0 Å². The molecule has 0 radical (unpaired) electrons. The average Bonchev–Trinajstić information content (AvgIpc) is 2.40. The zero-order valence-corrected chi connectivity index (χ0v) is 11.3. The second-order valence-corrected chi connectivity index (χ2v) is 4.96. The molecule has 0 spiro atoms. The van der Waals surface area contributed by atoms with Crippen molar-refractivity contribution in [3.63, 3.8) is 0 Å². The van der Waals surface area contributed by atoms with E-state index in [-0.39, 0.29) is 0 Å². The van der Waals surface area contributed by atoms with E-state index in [1.54, 1.807) is 0 Å². The summed E-state index contributed by atoms with van der Waals surface area (Å²) in [6.07, 6.45) is -0.428. The molecule has 1 aromatic rings. The quantitative estimate of drug-likeness (QED) is 0.823. The minimum Gasteiger partial charge on any atom is -0.387 e. The summed E-state index contributed by atoms with van der Waals surface area (Å²) in [5.41, 5.74) is 2.21. The SMILES string of the molecule is CNCC(O)c1cccc(N2CCN(C)CC2)c1. The Labute approximate surface area is 109 Å². The van der Waals surface area contributed by atoms with Crippen molar-refractivity contribution in [3.8, 4) is 0 Å². The van der Waals surface area contributed by atoms with Gasteiger partial charge in [-0.05, 0) is 31.8 Å². The van der Waals surface area contributed by atoms with Crippen molar-refractivity contribution in [1.82, 2.24) is 10.2 Å². The summed E-state index contributed by atoms with van der Waals surface area (Å²) in [6.45, 7) is 4.91. The Bertz CT molecular complexity index is 375. The highest BCUT2D eigenvalue weighted by Gasteiger charge is 2.15. The molecule has 1 saturated heterocycles. The molecule has 0 saturated carbocycles. The van der Waals surface area contributed by atoms with Crippen LogP contribution >= 0.6 is 0 Å². The fraction of sp³-hybridized carbons (Fsp3) is 0.571. The summed E-state index contributed by atoms with van der Waals surface area (Å²) < 4.78 is 0. The van der Waals surface area contributed by atoms with Crippen molar-refractivity contribution in [2.45, 2.75) is 6.10 Å². The fourth-order valence-electron chi connectivity index (χ4n) is 2.30. The molecule has 2 rings (SSSR count). The molecular formula is C14H23N3O. The van der Waals surface area contributed by atoms with Crippen LogP contribution in [0.4, 0.5) is 5.69 Å². The Morgan fingerprint density at radius 2 is 2.00 bits per heavy atom. The summed E-state index contributed by atoms with van der Waals surface area (Å²) in [4.78, 5) is 4.73. The van der Waals surface area contributed by atoms with Crippen LogP contribution in [0.1, 0.15) is 11.7 Å². The Balaban J connectivity index is 2.07. The first kappa shape index (κ1) is 13.3. The molecule has 1 heterocycles. The molecule has 1 atom stereocenters. The molecular weight excluding hydrogens is 226 g/mol. The second-order valence-electron chi connectivity index (χ2n) is 4.96. The molecule has 0 aromatic heterocycles. The van der Waals surface area contributed by atoms with E-state index in [9.17, 15) is 5.11 Å². The van der Waals surface area contributed by atoms with Crippen molar-refractivity contribution in [1.29, 1.82) is 0 Å². The summed E-state index contributed by atoms with van der Waals surface area (Å²) in [5.74, 6) is 0. The van der Waals surface area contributed by atoms with E-state index in [1.807, 2.05) is 19.2 Å². The van der Waals surface area contributed by atoms with E-state index in [2.05, 4.69) is 34.3 Å². The first-order chi connectivity index (χ1) is 8.70. The topological polar surface area (TPSA) is 38.7 Å². The van der Waals surface area contributed by atoms with Gasteiger partial charge in [0.15, 0.2) is 0 Å². The first-order valence-electron chi connectivity index (χ1n) is 6.57. The fourth-order valence-corrected chi connectivity index (χ4v) is 2.30. The van der Waals surface area contributed by atoms with Gasteiger partial charge in [-0.15, -0.1) is 0 Å². The standard InChI is InChI=1S/C14H23N3O/c1-15-11-14(18)12-4-3-5-13(10-12)17-8-6-16(2)7-9-17/h3-5,10,14-15,18H,6-9,11H2,1-2H3. The Hall–Kier alpha value is -1.10. The summed E-state index contributed by atoms with van der Waals surface area (Å²) in [6, 6.07) is 8.25. The van der Waals surface area contributed by atoms with Crippen molar-refractivity contribution >= 4 is 5.69 Å². The van der Waals surface area contributed by atoms with Crippen molar-refractivity contribution < 1.29 is 5.11 Å². The number of hydrogen-bond acceptors (Lipinski definition) is 4.